The van der Waals surface area contributed by atoms with Crippen LogP contribution in [0, 0.1) is 11.3 Å². The van der Waals surface area contributed by atoms with Gasteiger partial charge in [0.1, 0.15) is 24.5 Å². The van der Waals surface area contributed by atoms with Gasteiger partial charge in [-0.15, -0.1) is 0 Å². The van der Waals surface area contributed by atoms with Crippen molar-refractivity contribution in [1.29, 1.82) is 5.26 Å². The van der Waals surface area contributed by atoms with E-state index >= 15 is 0 Å². The van der Waals surface area contributed by atoms with Crippen LogP contribution in [-0.4, -0.2) is 64.6 Å². The molecule has 14 heteroatoms. The van der Waals surface area contributed by atoms with E-state index in [9.17, 15) is 23.1 Å². The van der Waals surface area contributed by atoms with Crippen LogP contribution in [0.2, 0.25) is 0 Å². The molecule has 0 fully saturated rings. The third-order valence-electron chi connectivity index (χ3n) is 5.46. The number of anilines is 2. The number of hydrogen-bond acceptors (Lipinski definition) is 8. The molecule has 4 rings (SSSR count). The number of carbonyl (C=O) groups excluding carboxylic acids is 1. The highest BCUT2D eigenvalue weighted by molar-refractivity contribution is 6.00. The molecule has 0 bridgehead atoms. The molecule has 3 N–H and O–H groups in total. The molecule has 0 aliphatic heterocycles. The topological polar surface area (TPSA) is 146 Å². The first-order chi connectivity index (χ1) is 17.8. The fraction of sp³-hybridized carbons (Fsp3) is 0.333. The summed E-state index contributed by atoms with van der Waals surface area (Å²) in [5, 5.41) is 32.5. The predicted octanol–water partition coefficient (Wildman–Crippen LogP) is 3.10. The fourth-order valence-electron chi connectivity index (χ4n) is 3.47. The van der Waals surface area contributed by atoms with Gasteiger partial charge < -0.3 is 15.7 Å². The number of carbonyl (C=O) groups is 1. The van der Waals surface area contributed by atoms with E-state index in [0.717, 1.165) is 11.6 Å². The van der Waals surface area contributed by atoms with E-state index in [2.05, 4.69) is 30.8 Å². The van der Waals surface area contributed by atoms with Gasteiger partial charge in [-0.2, -0.15) is 15.5 Å². The third-order valence-corrected chi connectivity index (χ3v) is 5.46. The summed E-state index contributed by atoms with van der Waals surface area (Å²) in [4.78, 5) is 21.5. The highest BCUT2D eigenvalue weighted by Gasteiger charge is 2.27. The van der Waals surface area contributed by atoms with Crippen LogP contribution >= 0.6 is 0 Å². The molecule has 0 radical (unpaired) electrons. The number of nitrogens with one attached hydrogen (secondary N) is 2. The van der Waals surface area contributed by atoms with E-state index in [4.69, 9.17) is 5.26 Å². The molecule has 11 nitrogen and oxygen atoms in total. The lowest BCUT2D eigenvalue weighted by molar-refractivity contribution is -0.00187. The van der Waals surface area contributed by atoms with Gasteiger partial charge in [0.2, 0.25) is 0 Å². The third kappa shape index (κ3) is 6.06. The number of pyridine rings is 1. The summed E-state index contributed by atoms with van der Waals surface area (Å²) in [6.45, 7) is 2.25. The summed E-state index contributed by atoms with van der Waals surface area (Å²) >= 11 is 0. The maximum absolute atomic E-state index is 14.2. The molecule has 0 unspecified atom stereocenters. The van der Waals surface area contributed by atoms with Crippen molar-refractivity contribution >= 4 is 22.9 Å². The van der Waals surface area contributed by atoms with Gasteiger partial charge in [0, 0.05) is 25.4 Å². The van der Waals surface area contributed by atoms with Crippen LogP contribution in [0.15, 0.2) is 43.1 Å². The first kappa shape index (κ1) is 26.6. The summed E-state index contributed by atoms with van der Waals surface area (Å²) in [6.07, 6.45) is 5.06. The lowest BCUT2D eigenvalue weighted by Gasteiger charge is -2.22. The van der Waals surface area contributed by atoms with Gasteiger partial charge in [-0.1, -0.05) is 0 Å². The summed E-state index contributed by atoms with van der Waals surface area (Å²) in [6, 6.07) is 5.05. The Balaban J connectivity index is 1.69. The largest absolute Gasteiger partial charge is 0.387 e. The summed E-state index contributed by atoms with van der Waals surface area (Å²) in [5.74, 6) is -3.66. The van der Waals surface area contributed by atoms with Crippen molar-refractivity contribution in [2.75, 3.05) is 11.9 Å². The van der Waals surface area contributed by atoms with Gasteiger partial charge in [0.25, 0.3) is 11.8 Å². The van der Waals surface area contributed by atoms with Gasteiger partial charge in [-0.3, -0.25) is 14.5 Å². The van der Waals surface area contributed by atoms with Crippen molar-refractivity contribution in [3.8, 4) is 17.5 Å². The van der Waals surface area contributed by atoms with Gasteiger partial charge in [0.15, 0.2) is 5.65 Å². The van der Waals surface area contributed by atoms with Crippen LogP contribution in [0.3, 0.4) is 0 Å². The van der Waals surface area contributed by atoms with Crippen molar-refractivity contribution in [3.05, 3.63) is 54.2 Å². The number of amides is 1. The highest BCUT2D eigenvalue weighted by Crippen LogP contribution is 2.27. The van der Waals surface area contributed by atoms with Crippen molar-refractivity contribution in [3.63, 3.8) is 0 Å². The Morgan fingerprint density at radius 2 is 1.92 bits per heavy atom. The molecular weight excluding hydrogens is 503 g/mol. The maximum atomic E-state index is 14.2. The number of alkyl halides is 3. The number of aliphatic hydroxyl groups is 1. The molecule has 1 atom stereocenters. The van der Waals surface area contributed by atoms with Crippen LogP contribution in [0.5, 0.6) is 0 Å². The van der Waals surface area contributed by atoms with Crippen molar-refractivity contribution in [2.24, 2.45) is 0 Å². The lowest BCUT2D eigenvalue weighted by Crippen LogP contribution is -2.42. The minimum Gasteiger partial charge on any atom is -0.387 e. The number of fused-ring (bicyclic) bond motifs is 1. The molecule has 4 aromatic heterocycles. The standard InChI is InChI=1S/C24H24F3N9O2/c1-23(2,38)20(25)11-31-22(37)16-9-29-18(19-10-30-21-4-14(6-28)7-33-36(19)21)5-17(16)34-15-8-32-35(12-15)13-24(3,26)27/h4-5,7-10,12,20,38H,11,13H2,1-3H3,(H,29,34)(H,31,37)/t20-/m1/s1. The predicted molar refractivity (Wildman–Crippen MR) is 131 cm³/mol. The quantitative estimate of drug-likeness (QED) is 0.301. The van der Waals surface area contributed by atoms with E-state index in [-0.39, 0.29) is 11.3 Å². The fourth-order valence-corrected chi connectivity index (χ4v) is 3.47. The van der Waals surface area contributed by atoms with E-state index in [0.29, 0.717) is 28.3 Å². The van der Waals surface area contributed by atoms with Crippen molar-refractivity contribution < 1.29 is 23.1 Å². The zero-order chi connectivity index (χ0) is 27.7. The van der Waals surface area contributed by atoms with Crippen LogP contribution in [0.4, 0.5) is 24.5 Å². The molecule has 1 amide bonds. The minimum absolute atomic E-state index is 0.0267. The molecule has 198 valence electrons. The summed E-state index contributed by atoms with van der Waals surface area (Å²) < 4.78 is 43.6. The Hall–Kier alpha value is -4.51. The number of aromatic nitrogens is 6. The molecule has 0 spiro atoms. The number of hydrogen-bond donors (Lipinski definition) is 3. The number of rotatable bonds is 9. The lowest BCUT2D eigenvalue weighted by atomic mass is 10.0. The molecule has 0 aliphatic rings. The van der Waals surface area contributed by atoms with E-state index in [1.165, 1.54) is 55.4 Å². The Bertz CT molecular complexity index is 1510. The monoisotopic (exact) mass is 527 g/mol. The number of nitriles is 1. The second-order valence-corrected chi connectivity index (χ2v) is 9.34. The first-order valence-electron chi connectivity index (χ1n) is 11.4. The van der Waals surface area contributed by atoms with Crippen LogP contribution in [0.25, 0.3) is 17.0 Å². The van der Waals surface area contributed by atoms with E-state index in [1.54, 1.807) is 6.07 Å². The van der Waals surface area contributed by atoms with E-state index < -0.39 is 36.7 Å². The molecule has 0 aliphatic carbocycles. The average Bonchev–Trinajstić information content (AvgIpc) is 3.46. The normalized spacial score (nSPS) is 12.8. The smallest absolute Gasteiger partial charge is 0.264 e. The molecule has 0 saturated heterocycles. The van der Waals surface area contributed by atoms with Crippen molar-refractivity contribution in [1.82, 2.24) is 34.7 Å². The van der Waals surface area contributed by atoms with Gasteiger partial charge in [-0.05, 0) is 19.9 Å². The zero-order valence-electron chi connectivity index (χ0n) is 20.7. The van der Waals surface area contributed by atoms with Gasteiger partial charge in [0.05, 0.1) is 58.9 Å². The van der Waals surface area contributed by atoms with Crippen molar-refractivity contribution in [2.45, 2.75) is 45.0 Å². The number of imidazole rings is 1. The molecular formula is C24H24F3N9O2. The molecule has 4 heterocycles. The second-order valence-electron chi connectivity index (χ2n) is 9.34. The van der Waals surface area contributed by atoms with Crippen LogP contribution < -0.4 is 10.6 Å². The second kappa shape index (κ2) is 10.1. The summed E-state index contributed by atoms with van der Waals surface area (Å²) in [7, 11) is 0. The van der Waals surface area contributed by atoms with Gasteiger partial charge >= 0.3 is 0 Å². The Morgan fingerprint density at radius 3 is 2.61 bits per heavy atom. The Morgan fingerprint density at radius 1 is 1.16 bits per heavy atom. The number of nitrogens with zero attached hydrogens (tertiary/aromatic N) is 7. The van der Waals surface area contributed by atoms with Gasteiger partial charge in [-0.25, -0.2) is 22.7 Å². The first-order valence-corrected chi connectivity index (χ1v) is 11.4. The average molecular weight is 528 g/mol. The Labute approximate surface area is 214 Å². The SMILES string of the molecule is CC(F)(F)Cn1cc(Nc2cc(-c3cnc4cc(C#N)cnn34)ncc2C(=O)NC[C@@H](F)C(C)(C)O)cn1. The van der Waals surface area contributed by atoms with Crippen LogP contribution in [0.1, 0.15) is 36.7 Å². The van der Waals surface area contributed by atoms with Crippen LogP contribution in [-0.2, 0) is 6.54 Å². The molecule has 38 heavy (non-hydrogen) atoms. The molecule has 0 saturated carbocycles. The molecule has 4 aromatic rings. The number of halogens is 3. The minimum atomic E-state index is -2.98. The Kier molecular flexibility index (Phi) is 7.05. The zero-order valence-corrected chi connectivity index (χ0v) is 20.7. The van der Waals surface area contributed by atoms with E-state index in [1.807, 2.05) is 6.07 Å². The highest BCUT2D eigenvalue weighted by atomic mass is 19.3. The molecule has 0 aromatic carbocycles. The summed E-state index contributed by atoms with van der Waals surface area (Å²) in [5.41, 5.74) is 0.427. The maximum Gasteiger partial charge on any atom is 0.264 e.